The first-order valence-electron chi connectivity index (χ1n) is 9.72. The molecule has 8 heteroatoms. The van der Waals surface area contributed by atoms with E-state index in [0.717, 1.165) is 30.9 Å². The number of hydrogen-bond acceptors (Lipinski definition) is 4. The Balaban J connectivity index is 0.00000392. The molecule has 1 amide bonds. The molecule has 158 valence electrons. The van der Waals surface area contributed by atoms with Crippen LogP contribution in [0.25, 0.3) is 0 Å². The third-order valence-corrected chi connectivity index (χ3v) is 4.58. The average molecular weight is 504 g/mol. The fourth-order valence-electron chi connectivity index (χ4n) is 3.09. The Kier molecular flexibility index (Phi) is 11.9. The predicted molar refractivity (Wildman–Crippen MR) is 122 cm³/mol. The van der Waals surface area contributed by atoms with Gasteiger partial charge in [0.25, 0.3) is 0 Å². The molecular formula is C20H33IN4O3. The first-order valence-corrected chi connectivity index (χ1v) is 9.72. The molecule has 1 aromatic rings. The minimum atomic E-state index is -0.220. The van der Waals surface area contributed by atoms with Crippen LogP contribution >= 0.6 is 24.0 Å². The van der Waals surface area contributed by atoms with Gasteiger partial charge in [-0.2, -0.15) is 0 Å². The molecule has 28 heavy (non-hydrogen) atoms. The largest absolute Gasteiger partial charge is 0.450 e. The van der Waals surface area contributed by atoms with E-state index >= 15 is 0 Å². The molecule has 0 saturated carbocycles. The van der Waals surface area contributed by atoms with E-state index in [9.17, 15) is 4.79 Å². The second-order valence-electron chi connectivity index (χ2n) is 6.46. The van der Waals surface area contributed by atoms with E-state index in [0.29, 0.717) is 26.2 Å². The van der Waals surface area contributed by atoms with Gasteiger partial charge in [0.05, 0.1) is 13.2 Å². The van der Waals surface area contributed by atoms with E-state index in [4.69, 9.17) is 14.5 Å². The molecular weight excluding hydrogens is 471 g/mol. The summed E-state index contributed by atoms with van der Waals surface area (Å²) in [5, 5.41) is 6.78. The van der Waals surface area contributed by atoms with E-state index in [1.807, 2.05) is 32.0 Å². The summed E-state index contributed by atoms with van der Waals surface area (Å²) < 4.78 is 10.7. The van der Waals surface area contributed by atoms with Crippen LogP contribution < -0.4 is 10.6 Å². The molecule has 1 unspecified atom stereocenters. The molecule has 0 spiro atoms. The fraction of sp³-hybridized carbons (Fsp3) is 0.600. The molecule has 1 aromatic carbocycles. The van der Waals surface area contributed by atoms with Gasteiger partial charge in [-0.25, -0.2) is 4.79 Å². The van der Waals surface area contributed by atoms with Crippen LogP contribution in [0.2, 0.25) is 0 Å². The maximum absolute atomic E-state index is 11.8. The predicted octanol–water partition coefficient (Wildman–Crippen LogP) is 3.17. The Morgan fingerprint density at radius 2 is 1.93 bits per heavy atom. The highest BCUT2D eigenvalue weighted by atomic mass is 127. The first kappa shape index (κ1) is 24.5. The van der Waals surface area contributed by atoms with Crippen molar-refractivity contribution >= 4 is 36.0 Å². The lowest BCUT2D eigenvalue weighted by Gasteiger charge is -2.32. The van der Waals surface area contributed by atoms with Crippen molar-refractivity contribution in [3.63, 3.8) is 0 Å². The third kappa shape index (κ3) is 7.83. The summed E-state index contributed by atoms with van der Waals surface area (Å²) in [7, 11) is 1.71. The number of nitrogens with zero attached hydrogens (tertiary/aromatic N) is 2. The SMILES string of the molecule is CCNC(=NCC(OC)c1ccccc1)NC1CCN(C(=O)OCC)CC1.I. The highest BCUT2D eigenvalue weighted by Crippen LogP contribution is 2.16. The molecule has 0 radical (unpaired) electrons. The molecule has 0 aromatic heterocycles. The monoisotopic (exact) mass is 504 g/mol. The zero-order chi connectivity index (χ0) is 19.5. The van der Waals surface area contributed by atoms with Gasteiger partial charge in [0, 0.05) is 32.8 Å². The van der Waals surface area contributed by atoms with Gasteiger partial charge in [-0.1, -0.05) is 30.3 Å². The standard InChI is InChI=1S/C20H32N4O3.HI/c1-4-21-19(22-15-18(26-3)16-9-7-6-8-10-16)23-17-11-13-24(14-12-17)20(25)27-5-2;/h6-10,17-18H,4-5,11-15H2,1-3H3,(H2,21,22,23);1H. The zero-order valence-corrected chi connectivity index (χ0v) is 19.3. The number of carbonyl (C=O) groups is 1. The van der Waals surface area contributed by atoms with Crippen molar-refractivity contribution in [2.24, 2.45) is 4.99 Å². The van der Waals surface area contributed by atoms with E-state index < -0.39 is 0 Å². The van der Waals surface area contributed by atoms with Crippen molar-refractivity contribution in [3.8, 4) is 0 Å². The normalized spacial score (nSPS) is 16.1. The third-order valence-electron chi connectivity index (χ3n) is 4.58. The van der Waals surface area contributed by atoms with Gasteiger partial charge in [0.15, 0.2) is 5.96 Å². The lowest BCUT2D eigenvalue weighted by molar-refractivity contribution is 0.0962. The Labute approximate surface area is 185 Å². The Hall–Kier alpha value is -1.55. The summed E-state index contributed by atoms with van der Waals surface area (Å²) in [6, 6.07) is 10.4. The first-order chi connectivity index (χ1) is 13.2. The highest BCUT2D eigenvalue weighted by Gasteiger charge is 2.24. The van der Waals surface area contributed by atoms with E-state index in [2.05, 4.69) is 22.8 Å². The van der Waals surface area contributed by atoms with Crippen molar-refractivity contribution in [2.75, 3.05) is 39.9 Å². The summed E-state index contributed by atoms with van der Waals surface area (Å²) in [6.45, 7) is 7.01. The van der Waals surface area contributed by atoms with Gasteiger partial charge < -0.3 is 25.0 Å². The van der Waals surface area contributed by atoms with Gasteiger partial charge in [-0.15, -0.1) is 24.0 Å². The second kappa shape index (κ2) is 13.6. The Morgan fingerprint density at radius 1 is 1.25 bits per heavy atom. The van der Waals surface area contributed by atoms with Gasteiger partial charge in [-0.3, -0.25) is 4.99 Å². The summed E-state index contributed by atoms with van der Waals surface area (Å²) in [5.74, 6) is 0.782. The molecule has 1 saturated heterocycles. The van der Waals surface area contributed by atoms with Crippen LogP contribution in [0.5, 0.6) is 0 Å². The van der Waals surface area contributed by atoms with Crippen LogP contribution in [0.4, 0.5) is 4.79 Å². The number of methoxy groups -OCH3 is 1. The number of guanidine groups is 1. The van der Waals surface area contributed by atoms with Crippen molar-refractivity contribution in [2.45, 2.75) is 38.8 Å². The topological polar surface area (TPSA) is 75.2 Å². The summed E-state index contributed by atoms with van der Waals surface area (Å²) >= 11 is 0. The van der Waals surface area contributed by atoms with E-state index in [1.54, 1.807) is 12.0 Å². The Bertz CT molecular complexity index is 592. The minimum absolute atomic E-state index is 0. The van der Waals surface area contributed by atoms with Gasteiger partial charge >= 0.3 is 6.09 Å². The number of ether oxygens (including phenoxy) is 2. The maximum atomic E-state index is 11.8. The van der Waals surface area contributed by atoms with Crippen molar-refractivity contribution < 1.29 is 14.3 Å². The lowest BCUT2D eigenvalue weighted by Crippen LogP contribution is -2.50. The van der Waals surface area contributed by atoms with Crippen molar-refractivity contribution in [3.05, 3.63) is 35.9 Å². The number of rotatable bonds is 7. The van der Waals surface area contributed by atoms with Gasteiger partial charge in [-0.05, 0) is 32.3 Å². The average Bonchev–Trinajstić information content (AvgIpc) is 2.70. The molecule has 1 aliphatic rings. The number of piperidine rings is 1. The molecule has 7 nitrogen and oxygen atoms in total. The van der Waals surface area contributed by atoms with Crippen molar-refractivity contribution in [1.29, 1.82) is 0 Å². The van der Waals surface area contributed by atoms with Crippen LogP contribution in [0.15, 0.2) is 35.3 Å². The number of amides is 1. The molecule has 1 aliphatic heterocycles. The molecule has 1 heterocycles. The Morgan fingerprint density at radius 3 is 2.50 bits per heavy atom. The molecule has 2 N–H and O–H groups in total. The summed E-state index contributed by atoms with van der Waals surface area (Å²) in [6.07, 6.45) is 1.44. The zero-order valence-electron chi connectivity index (χ0n) is 17.0. The fourth-order valence-corrected chi connectivity index (χ4v) is 3.09. The quantitative estimate of drug-likeness (QED) is 0.339. The number of halogens is 1. The smallest absolute Gasteiger partial charge is 0.409 e. The molecule has 0 bridgehead atoms. The second-order valence-corrected chi connectivity index (χ2v) is 6.46. The van der Waals surface area contributed by atoms with Crippen LogP contribution in [0, 0.1) is 0 Å². The minimum Gasteiger partial charge on any atom is -0.450 e. The van der Waals surface area contributed by atoms with Gasteiger partial charge in [0.1, 0.15) is 6.10 Å². The summed E-state index contributed by atoms with van der Waals surface area (Å²) in [5.41, 5.74) is 1.11. The molecule has 0 aliphatic carbocycles. The summed E-state index contributed by atoms with van der Waals surface area (Å²) in [4.78, 5) is 18.3. The number of hydrogen-bond donors (Lipinski definition) is 2. The number of nitrogens with one attached hydrogen (secondary N) is 2. The maximum Gasteiger partial charge on any atom is 0.409 e. The van der Waals surface area contributed by atoms with Gasteiger partial charge in [0.2, 0.25) is 0 Å². The molecule has 1 atom stereocenters. The molecule has 2 rings (SSSR count). The van der Waals surface area contributed by atoms with Crippen LogP contribution in [-0.2, 0) is 9.47 Å². The van der Waals surface area contributed by atoms with Crippen LogP contribution in [-0.4, -0.2) is 62.9 Å². The van der Waals surface area contributed by atoms with Crippen LogP contribution in [0.1, 0.15) is 38.4 Å². The van der Waals surface area contributed by atoms with E-state index in [1.165, 1.54) is 0 Å². The number of aliphatic imine (C=N–C) groups is 1. The van der Waals surface area contributed by atoms with Crippen LogP contribution in [0.3, 0.4) is 0 Å². The highest BCUT2D eigenvalue weighted by molar-refractivity contribution is 14.0. The molecule has 1 fully saturated rings. The van der Waals surface area contributed by atoms with E-state index in [-0.39, 0.29) is 42.2 Å². The number of benzene rings is 1. The number of likely N-dealkylation sites (tertiary alicyclic amines) is 1. The lowest BCUT2D eigenvalue weighted by atomic mass is 10.1. The number of carbonyl (C=O) groups excluding carboxylic acids is 1. The van der Waals surface area contributed by atoms with Crippen molar-refractivity contribution in [1.82, 2.24) is 15.5 Å².